The highest BCUT2D eigenvalue weighted by molar-refractivity contribution is 6.01. The van der Waals surface area contributed by atoms with Crippen LogP contribution in [0.1, 0.15) is 35.2 Å². The predicted octanol–water partition coefficient (Wildman–Crippen LogP) is 3.27. The third-order valence-electron chi connectivity index (χ3n) is 4.90. The van der Waals surface area contributed by atoms with Crippen LogP contribution in [0.3, 0.4) is 0 Å². The van der Waals surface area contributed by atoms with Crippen molar-refractivity contribution in [2.24, 2.45) is 5.73 Å². The van der Waals surface area contributed by atoms with Crippen molar-refractivity contribution in [2.45, 2.75) is 26.2 Å². The number of nitrogens with two attached hydrogens (primary N) is 1. The van der Waals surface area contributed by atoms with Crippen molar-refractivity contribution >= 4 is 28.9 Å². The number of benzene rings is 2. The summed E-state index contributed by atoms with van der Waals surface area (Å²) in [4.78, 5) is 26.4. The van der Waals surface area contributed by atoms with Crippen molar-refractivity contribution in [1.82, 2.24) is 0 Å². The van der Waals surface area contributed by atoms with E-state index in [1.54, 1.807) is 25.1 Å². The Morgan fingerprint density at radius 3 is 2.54 bits per heavy atom. The van der Waals surface area contributed by atoms with Crippen molar-refractivity contribution in [3.8, 4) is 0 Å². The molecule has 0 bridgehead atoms. The molecule has 2 amide bonds. The van der Waals surface area contributed by atoms with E-state index in [2.05, 4.69) is 15.5 Å². The molecule has 1 saturated heterocycles. The Bertz CT molecular complexity index is 879. The van der Waals surface area contributed by atoms with Crippen LogP contribution in [-0.4, -0.2) is 31.4 Å². The minimum Gasteiger partial charge on any atom is -0.375 e. The predicted molar refractivity (Wildman–Crippen MR) is 109 cm³/mol. The second-order valence-electron chi connectivity index (χ2n) is 7.00. The fraction of sp³-hybridized carbons (Fsp3) is 0.333. The topological polar surface area (TPSA) is 87.5 Å². The highest BCUT2D eigenvalue weighted by Crippen LogP contribution is 2.25. The van der Waals surface area contributed by atoms with E-state index in [1.165, 1.54) is 18.6 Å². The SMILES string of the molecule is Cc1ccc(F)cc1NC(=O)CNc1ccc(N2CCCCC2)cc1C(N)=O. The fourth-order valence-corrected chi connectivity index (χ4v) is 3.34. The van der Waals surface area contributed by atoms with Crippen LogP contribution in [0, 0.1) is 12.7 Å². The maximum absolute atomic E-state index is 13.4. The van der Waals surface area contributed by atoms with E-state index in [9.17, 15) is 14.0 Å². The first-order valence-electron chi connectivity index (χ1n) is 9.43. The summed E-state index contributed by atoms with van der Waals surface area (Å²) in [5, 5.41) is 5.62. The Labute approximate surface area is 163 Å². The molecular formula is C21H25FN4O2. The van der Waals surface area contributed by atoms with Crippen LogP contribution in [0.5, 0.6) is 0 Å². The molecule has 0 spiro atoms. The van der Waals surface area contributed by atoms with Crippen LogP contribution < -0.4 is 21.3 Å². The number of carbonyl (C=O) groups is 2. The molecule has 148 valence electrons. The highest BCUT2D eigenvalue weighted by atomic mass is 19.1. The van der Waals surface area contributed by atoms with Crippen molar-refractivity contribution in [3.05, 3.63) is 53.3 Å². The molecule has 28 heavy (non-hydrogen) atoms. The molecule has 1 heterocycles. The number of rotatable bonds is 6. The Kier molecular flexibility index (Phi) is 6.13. The summed E-state index contributed by atoms with van der Waals surface area (Å²) in [6, 6.07) is 9.68. The van der Waals surface area contributed by atoms with Crippen LogP contribution in [0.2, 0.25) is 0 Å². The second kappa shape index (κ2) is 8.73. The van der Waals surface area contributed by atoms with Gasteiger partial charge in [-0.15, -0.1) is 0 Å². The molecule has 7 heteroatoms. The van der Waals surface area contributed by atoms with Gasteiger partial charge in [0.15, 0.2) is 0 Å². The Morgan fingerprint density at radius 2 is 1.82 bits per heavy atom. The molecule has 2 aromatic carbocycles. The summed E-state index contributed by atoms with van der Waals surface area (Å²) in [6.07, 6.45) is 3.48. The molecule has 0 radical (unpaired) electrons. The van der Waals surface area contributed by atoms with Crippen LogP contribution in [-0.2, 0) is 4.79 Å². The van der Waals surface area contributed by atoms with Gasteiger partial charge in [0, 0.05) is 30.2 Å². The summed E-state index contributed by atoms with van der Waals surface area (Å²) in [6.45, 7) is 3.63. The molecule has 4 N–H and O–H groups in total. The zero-order chi connectivity index (χ0) is 20.1. The lowest BCUT2D eigenvalue weighted by atomic mass is 10.1. The van der Waals surface area contributed by atoms with E-state index < -0.39 is 11.7 Å². The van der Waals surface area contributed by atoms with Crippen LogP contribution in [0.15, 0.2) is 36.4 Å². The first kappa shape index (κ1) is 19.7. The van der Waals surface area contributed by atoms with Gasteiger partial charge < -0.3 is 21.3 Å². The number of hydrogen-bond acceptors (Lipinski definition) is 4. The van der Waals surface area contributed by atoms with Gasteiger partial charge in [-0.1, -0.05) is 6.07 Å². The molecule has 0 unspecified atom stereocenters. The Morgan fingerprint density at radius 1 is 1.07 bits per heavy atom. The Balaban J connectivity index is 1.68. The number of nitrogens with one attached hydrogen (secondary N) is 2. The third-order valence-corrected chi connectivity index (χ3v) is 4.90. The molecule has 0 atom stereocenters. The zero-order valence-corrected chi connectivity index (χ0v) is 15.9. The number of halogens is 1. The van der Waals surface area contributed by atoms with Crippen LogP contribution in [0.4, 0.5) is 21.5 Å². The van der Waals surface area contributed by atoms with E-state index in [0.29, 0.717) is 16.9 Å². The molecule has 1 fully saturated rings. The van der Waals surface area contributed by atoms with E-state index in [0.717, 1.165) is 37.2 Å². The molecule has 0 aliphatic carbocycles. The van der Waals surface area contributed by atoms with Gasteiger partial charge in [0.25, 0.3) is 5.91 Å². The molecule has 1 aliphatic heterocycles. The summed E-state index contributed by atoms with van der Waals surface area (Å²) in [7, 11) is 0. The number of carbonyl (C=O) groups excluding carboxylic acids is 2. The standard InChI is InChI=1S/C21H25FN4O2/c1-14-5-6-15(22)11-19(14)25-20(27)13-24-18-8-7-16(12-17(18)21(23)28)26-9-3-2-4-10-26/h5-8,11-12,24H,2-4,9-10,13H2,1H3,(H2,23,28)(H,25,27). The minimum absolute atomic E-state index is 0.0701. The lowest BCUT2D eigenvalue weighted by Crippen LogP contribution is -2.30. The van der Waals surface area contributed by atoms with Gasteiger partial charge in [-0.25, -0.2) is 4.39 Å². The number of amides is 2. The normalized spacial score (nSPS) is 13.9. The maximum atomic E-state index is 13.4. The third kappa shape index (κ3) is 4.79. The Hall–Kier alpha value is -3.09. The van der Waals surface area contributed by atoms with E-state index in [1.807, 2.05) is 6.07 Å². The van der Waals surface area contributed by atoms with Gasteiger partial charge in [0.05, 0.1) is 12.1 Å². The van der Waals surface area contributed by atoms with E-state index >= 15 is 0 Å². The van der Waals surface area contributed by atoms with Gasteiger partial charge >= 0.3 is 0 Å². The van der Waals surface area contributed by atoms with Gasteiger partial charge in [0.1, 0.15) is 5.82 Å². The molecule has 0 aromatic heterocycles. The summed E-state index contributed by atoms with van der Waals surface area (Å²) >= 11 is 0. The van der Waals surface area contributed by atoms with Crippen molar-refractivity contribution in [2.75, 3.05) is 35.2 Å². The fourth-order valence-electron chi connectivity index (χ4n) is 3.34. The first-order chi connectivity index (χ1) is 13.4. The maximum Gasteiger partial charge on any atom is 0.250 e. The molecule has 2 aromatic rings. The minimum atomic E-state index is -0.553. The van der Waals surface area contributed by atoms with Gasteiger partial charge in [0.2, 0.25) is 5.91 Å². The molecular weight excluding hydrogens is 359 g/mol. The molecule has 0 saturated carbocycles. The van der Waals surface area contributed by atoms with E-state index in [-0.39, 0.29) is 12.5 Å². The van der Waals surface area contributed by atoms with E-state index in [4.69, 9.17) is 5.73 Å². The molecule has 1 aliphatic rings. The van der Waals surface area contributed by atoms with Crippen LogP contribution >= 0.6 is 0 Å². The monoisotopic (exact) mass is 384 g/mol. The lowest BCUT2D eigenvalue weighted by Gasteiger charge is -2.29. The van der Waals surface area contributed by atoms with Gasteiger partial charge in [-0.05, 0) is 62.1 Å². The summed E-state index contributed by atoms with van der Waals surface area (Å²) in [5.41, 5.74) is 8.52. The number of nitrogens with zero attached hydrogens (tertiary/aromatic N) is 1. The number of hydrogen-bond donors (Lipinski definition) is 3. The first-order valence-corrected chi connectivity index (χ1v) is 9.43. The van der Waals surface area contributed by atoms with Crippen molar-refractivity contribution < 1.29 is 14.0 Å². The lowest BCUT2D eigenvalue weighted by molar-refractivity contribution is -0.114. The smallest absolute Gasteiger partial charge is 0.250 e. The largest absolute Gasteiger partial charge is 0.375 e. The number of piperidine rings is 1. The molecule has 3 rings (SSSR count). The summed E-state index contributed by atoms with van der Waals surface area (Å²) < 4.78 is 13.4. The van der Waals surface area contributed by atoms with Gasteiger partial charge in [-0.3, -0.25) is 9.59 Å². The number of aryl methyl sites for hydroxylation is 1. The summed E-state index contributed by atoms with van der Waals surface area (Å²) in [5.74, 6) is -1.31. The zero-order valence-electron chi connectivity index (χ0n) is 15.9. The van der Waals surface area contributed by atoms with Gasteiger partial charge in [-0.2, -0.15) is 0 Å². The second-order valence-corrected chi connectivity index (χ2v) is 7.00. The highest BCUT2D eigenvalue weighted by Gasteiger charge is 2.16. The van der Waals surface area contributed by atoms with Crippen LogP contribution in [0.25, 0.3) is 0 Å². The van der Waals surface area contributed by atoms with Crippen molar-refractivity contribution in [3.63, 3.8) is 0 Å². The quantitative estimate of drug-likeness (QED) is 0.713. The van der Waals surface area contributed by atoms with Crippen molar-refractivity contribution in [1.29, 1.82) is 0 Å². The molecule has 6 nitrogen and oxygen atoms in total. The number of anilines is 3. The average molecular weight is 384 g/mol. The number of primary amides is 1. The average Bonchev–Trinajstić information content (AvgIpc) is 2.69.